The average molecular weight is 457 g/mol. The Morgan fingerprint density at radius 2 is 1.55 bits per heavy atom. The van der Waals surface area contributed by atoms with Gasteiger partial charge in [0, 0.05) is 5.69 Å². The molecule has 2 aromatic heterocycles. The van der Waals surface area contributed by atoms with Gasteiger partial charge in [0.2, 0.25) is 0 Å². The standard InChI is InChI=1S/C16H8F9N5O/c17-14(18,19)7-2-1-3-8(4-7)27-13(31)28-9-6-26-30-11(16(23,24)25)5-10(15(20,21)22)29-12(9)30/h1-6H,(H2,27,28,31). The number of rotatable bonds is 2. The van der Waals surface area contributed by atoms with Crippen molar-refractivity contribution in [3.8, 4) is 0 Å². The van der Waals surface area contributed by atoms with Crippen LogP contribution in [0.15, 0.2) is 36.5 Å². The summed E-state index contributed by atoms with van der Waals surface area (Å²) in [5, 5.41) is 7.20. The molecule has 0 unspecified atom stereocenters. The van der Waals surface area contributed by atoms with E-state index in [1.165, 1.54) is 0 Å². The smallest absolute Gasteiger partial charge is 0.308 e. The van der Waals surface area contributed by atoms with Gasteiger partial charge in [-0.15, -0.1) is 0 Å². The first-order chi connectivity index (χ1) is 14.2. The third-order valence-electron chi connectivity index (χ3n) is 3.75. The first-order valence-electron chi connectivity index (χ1n) is 7.94. The van der Waals surface area contributed by atoms with E-state index in [-0.39, 0.29) is 16.3 Å². The van der Waals surface area contributed by atoms with Gasteiger partial charge in [-0.2, -0.15) is 44.6 Å². The third-order valence-corrected chi connectivity index (χ3v) is 3.75. The van der Waals surface area contributed by atoms with E-state index in [0.717, 1.165) is 18.2 Å². The molecule has 2 heterocycles. The van der Waals surface area contributed by atoms with Crippen molar-refractivity contribution in [2.45, 2.75) is 18.5 Å². The van der Waals surface area contributed by atoms with Crippen molar-refractivity contribution in [1.29, 1.82) is 0 Å². The fourth-order valence-electron chi connectivity index (χ4n) is 2.46. The highest BCUT2D eigenvalue weighted by molar-refractivity contribution is 6.01. The predicted molar refractivity (Wildman–Crippen MR) is 87.1 cm³/mol. The van der Waals surface area contributed by atoms with Crippen molar-refractivity contribution in [3.63, 3.8) is 0 Å². The van der Waals surface area contributed by atoms with Gasteiger partial charge in [0.25, 0.3) is 0 Å². The highest BCUT2D eigenvalue weighted by Crippen LogP contribution is 2.36. The maximum atomic E-state index is 13.1. The Morgan fingerprint density at radius 1 is 0.871 bits per heavy atom. The van der Waals surface area contributed by atoms with Crippen LogP contribution in [0.4, 0.5) is 55.7 Å². The van der Waals surface area contributed by atoms with Gasteiger partial charge < -0.3 is 10.6 Å². The summed E-state index contributed by atoms with van der Waals surface area (Å²) in [7, 11) is 0. The lowest BCUT2D eigenvalue weighted by Gasteiger charge is -2.13. The van der Waals surface area contributed by atoms with Crippen LogP contribution in [0.3, 0.4) is 0 Å². The zero-order chi connectivity index (χ0) is 23.2. The Hall–Kier alpha value is -3.52. The molecule has 0 saturated carbocycles. The number of urea groups is 1. The lowest BCUT2D eigenvalue weighted by Crippen LogP contribution is -2.21. The van der Waals surface area contributed by atoms with Gasteiger partial charge >= 0.3 is 24.6 Å². The zero-order valence-corrected chi connectivity index (χ0v) is 14.6. The molecule has 2 N–H and O–H groups in total. The Labute approximate surface area is 165 Å². The summed E-state index contributed by atoms with van der Waals surface area (Å²) in [5.41, 5.74) is -6.70. The number of nitrogens with zero attached hydrogens (tertiary/aromatic N) is 3. The van der Waals surface area contributed by atoms with E-state index < -0.39 is 52.8 Å². The topological polar surface area (TPSA) is 71.3 Å². The second-order valence-electron chi connectivity index (χ2n) is 5.97. The van der Waals surface area contributed by atoms with Crippen molar-refractivity contribution >= 4 is 23.1 Å². The number of amides is 2. The molecule has 166 valence electrons. The Balaban J connectivity index is 1.94. The van der Waals surface area contributed by atoms with Crippen LogP contribution in [0.2, 0.25) is 0 Å². The molecule has 2 amide bonds. The largest absolute Gasteiger partial charge is 0.433 e. The molecule has 0 bridgehead atoms. The highest BCUT2D eigenvalue weighted by Gasteiger charge is 2.40. The summed E-state index contributed by atoms with van der Waals surface area (Å²) in [6.45, 7) is 0. The maximum absolute atomic E-state index is 13.1. The predicted octanol–water partition coefficient (Wildman–Crippen LogP) is 5.43. The minimum Gasteiger partial charge on any atom is -0.308 e. The molecule has 31 heavy (non-hydrogen) atoms. The van der Waals surface area contributed by atoms with Crippen LogP contribution in [-0.2, 0) is 18.5 Å². The number of hydrogen-bond acceptors (Lipinski definition) is 3. The highest BCUT2D eigenvalue weighted by atomic mass is 19.4. The van der Waals surface area contributed by atoms with E-state index >= 15 is 0 Å². The summed E-state index contributed by atoms with van der Waals surface area (Å²) in [6, 6.07) is 1.90. The number of halogens is 9. The van der Waals surface area contributed by atoms with Gasteiger partial charge in [-0.1, -0.05) is 6.07 Å². The van der Waals surface area contributed by atoms with Gasteiger partial charge in [-0.3, -0.25) is 0 Å². The molecule has 0 aliphatic carbocycles. The van der Waals surface area contributed by atoms with Crippen LogP contribution in [0, 0.1) is 0 Å². The summed E-state index contributed by atoms with van der Waals surface area (Å²) in [4.78, 5) is 15.1. The van der Waals surface area contributed by atoms with E-state index in [4.69, 9.17) is 0 Å². The summed E-state index contributed by atoms with van der Waals surface area (Å²) < 4.78 is 116. The van der Waals surface area contributed by atoms with E-state index in [1.54, 1.807) is 0 Å². The fraction of sp³-hybridized carbons (Fsp3) is 0.188. The monoisotopic (exact) mass is 457 g/mol. The normalized spacial score (nSPS) is 12.8. The number of fused-ring (bicyclic) bond motifs is 1. The number of carbonyl (C=O) groups excluding carboxylic acids is 1. The number of nitrogens with one attached hydrogen (secondary N) is 2. The minimum absolute atomic E-state index is 0.0507. The molecule has 0 atom stereocenters. The molecule has 1 aromatic carbocycles. The molecule has 0 saturated heterocycles. The molecule has 0 aliphatic heterocycles. The van der Waals surface area contributed by atoms with Gasteiger partial charge in [-0.25, -0.2) is 14.3 Å². The zero-order valence-electron chi connectivity index (χ0n) is 14.6. The molecule has 15 heteroatoms. The molecule has 0 spiro atoms. The molecule has 3 rings (SSSR count). The quantitative estimate of drug-likeness (QED) is 0.505. The van der Waals surface area contributed by atoms with Gasteiger partial charge in [-0.05, 0) is 24.3 Å². The first kappa shape index (κ1) is 22.2. The number of alkyl halides is 9. The van der Waals surface area contributed by atoms with Crippen LogP contribution < -0.4 is 10.6 Å². The Morgan fingerprint density at radius 3 is 2.13 bits per heavy atom. The van der Waals surface area contributed by atoms with Crippen molar-refractivity contribution < 1.29 is 44.3 Å². The number of benzene rings is 1. The summed E-state index contributed by atoms with van der Waals surface area (Å²) >= 11 is 0. The van der Waals surface area contributed by atoms with Crippen LogP contribution in [-0.4, -0.2) is 20.6 Å². The Bertz CT molecular complexity index is 1130. The van der Waals surface area contributed by atoms with Crippen LogP contribution in [0.1, 0.15) is 17.0 Å². The molecule has 6 nitrogen and oxygen atoms in total. The van der Waals surface area contributed by atoms with E-state index in [9.17, 15) is 44.3 Å². The SMILES string of the molecule is O=C(Nc1cccc(C(F)(F)F)c1)Nc1cnn2c(C(F)(F)F)cc(C(F)(F)F)nc12. The summed E-state index contributed by atoms with van der Waals surface area (Å²) in [6.07, 6.45) is -14.6. The lowest BCUT2D eigenvalue weighted by atomic mass is 10.2. The molecular weight excluding hydrogens is 449 g/mol. The number of anilines is 2. The molecular formula is C16H8F9N5O. The maximum Gasteiger partial charge on any atom is 0.433 e. The van der Waals surface area contributed by atoms with Crippen LogP contribution >= 0.6 is 0 Å². The number of aromatic nitrogens is 3. The van der Waals surface area contributed by atoms with E-state index in [2.05, 4.69) is 10.1 Å². The van der Waals surface area contributed by atoms with E-state index in [0.29, 0.717) is 12.3 Å². The second-order valence-corrected chi connectivity index (χ2v) is 5.97. The van der Waals surface area contributed by atoms with Gasteiger partial charge in [0.1, 0.15) is 11.4 Å². The van der Waals surface area contributed by atoms with E-state index in [1.807, 2.05) is 10.6 Å². The van der Waals surface area contributed by atoms with Gasteiger partial charge in [0.05, 0.1) is 11.8 Å². The first-order valence-corrected chi connectivity index (χ1v) is 7.94. The van der Waals surface area contributed by atoms with Crippen LogP contribution in [0.25, 0.3) is 5.65 Å². The third kappa shape index (κ3) is 4.80. The summed E-state index contributed by atoms with van der Waals surface area (Å²) in [5.74, 6) is 0. The fourth-order valence-corrected chi connectivity index (χ4v) is 2.46. The van der Waals surface area contributed by atoms with Gasteiger partial charge in [0.15, 0.2) is 11.3 Å². The van der Waals surface area contributed by atoms with Crippen molar-refractivity contribution in [2.24, 2.45) is 0 Å². The Kier molecular flexibility index (Phi) is 5.23. The minimum atomic E-state index is -5.23. The molecule has 0 fully saturated rings. The van der Waals surface area contributed by atoms with Crippen molar-refractivity contribution in [1.82, 2.24) is 14.6 Å². The number of carbonyl (C=O) groups is 1. The average Bonchev–Trinajstić information content (AvgIpc) is 3.01. The van der Waals surface area contributed by atoms with Crippen molar-refractivity contribution in [2.75, 3.05) is 10.6 Å². The number of hydrogen-bond donors (Lipinski definition) is 2. The van der Waals surface area contributed by atoms with Crippen LogP contribution in [0.5, 0.6) is 0 Å². The molecule has 0 aliphatic rings. The second kappa shape index (κ2) is 7.31. The lowest BCUT2D eigenvalue weighted by molar-refractivity contribution is -0.148. The molecule has 3 aromatic rings. The van der Waals surface area contributed by atoms with Crippen molar-refractivity contribution in [3.05, 3.63) is 53.5 Å². The molecule has 0 radical (unpaired) electrons.